The molecule has 0 aliphatic heterocycles. The highest BCUT2D eigenvalue weighted by Gasteiger charge is 2.15. The van der Waals surface area contributed by atoms with E-state index >= 15 is 0 Å². The van der Waals surface area contributed by atoms with E-state index in [4.69, 9.17) is 0 Å². The van der Waals surface area contributed by atoms with Gasteiger partial charge in [0.25, 0.3) is 0 Å². The molecule has 1 heterocycles. The number of carbonyl (C=O) groups excluding carboxylic acids is 1. The molecule has 5 nitrogen and oxygen atoms in total. The molecule has 0 aliphatic carbocycles. The third-order valence-electron chi connectivity index (χ3n) is 3.78. The molecule has 1 amide bonds. The zero-order valence-corrected chi connectivity index (χ0v) is 14.4. The molecule has 0 saturated heterocycles. The Kier molecular flexibility index (Phi) is 6.89. The van der Waals surface area contributed by atoms with Gasteiger partial charge in [-0.25, -0.2) is 0 Å². The maximum atomic E-state index is 12.1. The molecule has 0 aromatic carbocycles. The molecular weight excluding hydrogens is 264 g/mol. The van der Waals surface area contributed by atoms with Crippen LogP contribution in [0.1, 0.15) is 37.2 Å². The summed E-state index contributed by atoms with van der Waals surface area (Å²) in [6.45, 7) is 11.0. The lowest BCUT2D eigenvalue weighted by molar-refractivity contribution is -0.129. The first-order chi connectivity index (χ1) is 9.86. The fourth-order valence-electron chi connectivity index (χ4n) is 2.45. The van der Waals surface area contributed by atoms with Crippen molar-refractivity contribution < 1.29 is 4.79 Å². The van der Waals surface area contributed by atoms with Gasteiger partial charge in [0.05, 0.1) is 5.69 Å². The molecular formula is C16H30N4O. The van der Waals surface area contributed by atoms with Gasteiger partial charge in [0.1, 0.15) is 0 Å². The van der Waals surface area contributed by atoms with Gasteiger partial charge in [-0.05, 0) is 38.8 Å². The molecule has 5 heteroatoms. The number of aromatic nitrogens is 2. The zero-order chi connectivity index (χ0) is 16.0. The molecule has 21 heavy (non-hydrogen) atoms. The second-order valence-corrected chi connectivity index (χ2v) is 6.14. The van der Waals surface area contributed by atoms with Gasteiger partial charge in [-0.2, -0.15) is 5.10 Å². The van der Waals surface area contributed by atoms with Crippen molar-refractivity contribution in [2.45, 2.75) is 47.1 Å². The number of hydrogen-bond donors (Lipinski definition) is 1. The van der Waals surface area contributed by atoms with Crippen LogP contribution in [0.3, 0.4) is 0 Å². The standard InChI is InChI=1S/C16H30N4O/c1-12(2)11-20-14(4)15(13(3)18-20)7-8-16(21)19(6)10-9-17-5/h12,17H,7-11H2,1-6H3. The summed E-state index contributed by atoms with van der Waals surface area (Å²) < 4.78 is 2.07. The van der Waals surface area contributed by atoms with Crippen molar-refractivity contribution in [2.24, 2.45) is 5.92 Å². The summed E-state index contributed by atoms with van der Waals surface area (Å²) in [5.74, 6) is 0.769. The van der Waals surface area contributed by atoms with Crippen LogP contribution in [0.15, 0.2) is 0 Å². The SMILES string of the molecule is CNCCN(C)C(=O)CCc1c(C)nn(CC(C)C)c1C. The minimum Gasteiger partial charge on any atom is -0.344 e. The Morgan fingerprint density at radius 3 is 2.62 bits per heavy atom. The number of nitrogens with one attached hydrogen (secondary N) is 1. The summed E-state index contributed by atoms with van der Waals surface area (Å²) in [4.78, 5) is 13.9. The number of aryl methyl sites for hydroxylation is 1. The molecule has 1 aromatic rings. The van der Waals surface area contributed by atoms with Gasteiger partial charge in [-0.1, -0.05) is 13.8 Å². The van der Waals surface area contributed by atoms with E-state index in [-0.39, 0.29) is 5.91 Å². The second kappa shape index (κ2) is 8.17. The smallest absolute Gasteiger partial charge is 0.222 e. The number of carbonyl (C=O) groups is 1. The first-order valence-electron chi connectivity index (χ1n) is 7.78. The average molecular weight is 294 g/mol. The molecule has 0 radical (unpaired) electrons. The lowest BCUT2D eigenvalue weighted by atomic mass is 10.1. The molecule has 0 fully saturated rings. The fraction of sp³-hybridized carbons (Fsp3) is 0.750. The van der Waals surface area contributed by atoms with Gasteiger partial charge in [0, 0.05) is 38.8 Å². The van der Waals surface area contributed by atoms with E-state index in [1.807, 2.05) is 21.0 Å². The lowest BCUT2D eigenvalue weighted by Gasteiger charge is -2.16. The van der Waals surface area contributed by atoms with Gasteiger partial charge >= 0.3 is 0 Å². The highest BCUT2D eigenvalue weighted by atomic mass is 16.2. The van der Waals surface area contributed by atoms with Crippen molar-refractivity contribution in [3.8, 4) is 0 Å². The summed E-state index contributed by atoms with van der Waals surface area (Å²) in [6, 6.07) is 0. The number of amides is 1. The Labute approximate surface area is 128 Å². The quantitative estimate of drug-likeness (QED) is 0.795. The number of rotatable bonds is 8. The van der Waals surface area contributed by atoms with Crippen LogP contribution in [0.2, 0.25) is 0 Å². The Balaban J connectivity index is 2.63. The molecule has 0 saturated carbocycles. The van der Waals surface area contributed by atoms with Crippen LogP contribution in [-0.4, -0.2) is 47.8 Å². The molecule has 1 aromatic heterocycles. The Hall–Kier alpha value is -1.36. The second-order valence-electron chi connectivity index (χ2n) is 6.14. The summed E-state index contributed by atoms with van der Waals surface area (Å²) in [5, 5.41) is 7.66. The summed E-state index contributed by atoms with van der Waals surface area (Å²) in [5.41, 5.74) is 3.48. The predicted molar refractivity (Wildman–Crippen MR) is 86.4 cm³/mol. The minimum atomic E-state index is 0.195. The number of hydrogen-bond acceptors (Lipinski definition) is 3. The van der Waals surface area contributed by atoms with E-state index in [2.05, 4.69) is 35.9 Å². The van der Waals surface area contributed by atoms with Crippen molar-refractivity contribution in [3.63, 3.8) is 0 Å². The molecule has 0 unspecified atom stereocenters. The van der Waals surface area contributed by atoms with Crippen LogP contribution in [-0.2, 0) is 17.8 Å². The van der Waals surface area contributed by atoms with E-state index in [1.54, 1.807) is 4.90 Å². The summed E-state index contributed by atoms with van der Waals surface area (Å²) >= 11 is 0. The lowest BCUT2D eigenvalue weighted by Crippen LogP contribution is -2.32. The van der Waals surface area contributed by atoms with E-state index in [9.17, 15) is 4.79 Å². The van der Waals surface area contributed by atoms with E-state index < -0.39 is 0 Å². The normalized spacial score (nSPS) is 11.2. The Morgan fingerprint density at radius 2 is 2.05 bits per heavy atom. The summed E-state index contributed by atoms with van der Waals surface area (Å²) in [7, 11) is 3.76. The molecule has 0 bridgehead atoms. The van der Waals surface area contributed by atoms with Crippen molar-refractivity contribution in [1.29, 1.82) is 0 Å². The van der Waals surface area contributed by atoms with Gasteiger partial charge in [0.2, 0.25) is 5.91 Å². The first kappa shape index (κ1) is 17.7. The highest BCUT2D eigenvalue weighted by molar-refractivity contribution is 5.76. The zero-order valence-electron chi connectivity index (χ0n) is 14.4. The van der Waals surface area contributed by atoms with Crippen LogP contribution in [0.4, 0.5) is 0 Å². The number of nitrogens with zero attached hydrogens (tertiary/aromatic N) is 3. The molecule has 1 N–H and O–H groups in total. The first-order valence-corrected chi connectivity index (χ1v) is 7.78. The fourth-order valence-corrected chi connectivity index (χ4v) is 2.45. The topological polar surface area (TPSA) is 50.2 Å². The van der Waals surface area contributed by atoms with Crippen molar-refractivity contribution in [3.05, 3.63) is 17.0 Å². The van der Waals surface area contributed by atoms with E-state index in [0.717, 1.165) is 31.7 Å². The number of likely N-dealkylation sites (N-methyl/N-ethyl adjacent to an activating group) is 2. The van der Waals surface area contributed by atoms with Gasteiger partial charge in [-0.15, -0.1) is 0 Å². The van der Waals surface area contributed by atoms with Crippen LogP contribution >= 0.6 is 0 Å². The van der Waals surface area contributed by atoms with Crippen molar-refractivity contribution in [2.75, 3.05) is 27.2 Å². The van der Waals surface area contributed by atoms with Gasteiger partial charge in [-0.3, -0.25) is 9.48 Å². The van der Waals surface area contributed by atoms with Gasteiger partial charge in [0.15, 0.2) is 0 Å². The Bertz CT molecular complexity index is 465. The molecule has 0 aliphatic rings. The average Bonchev–Trinajstić information content (AvgIpc) is 2.67. The Morgan fingerprint density at radius 1 is 1.38 bits per heavy atom. The van der Waals surface area contributed by atoms with Crippen LogP contribution in [0, 0.1) is 19.8 Å². The van der Waals surface area contributed by atoms with E-state index in [1.165, 1.54) is 11.3 Å². The minimum absolute atomic E-state index is 0.195. The largest absolute Gasteiger partial charge is 0.344 e. The van der Waals surface area contributed by atoms with Crippen molar-refractivity contribution >= 4 is 5.91 Å². The molecule has 0 atom stereocenters. The maximum Gasteiger partial charge on any atom is 0.222 e. The monoisotopic (exact) mass is 294 g/mol. The predicted octanol–water partition coefficient (Wildman–Crippen LogP) is 1.77. The van der Waals surface area contributed by atoms with Crippen LogP contribution < -0.4 is 5.32 Å². The van der Waals surface area contributed by atoms with Crippen LogP contribution in [0.25, 0.3) is 0 Å². The molecule has 0 spiro atoms. The maximum absolute atomic E-state index is 12.1. The molecule has 120 valence electrons. The molecule has 1 rings (SSSR count). The van der Waals surface area contributed by atoms with Crippen LogP contribution in [0.5, 0.6) is 0 Å². The highest BCUT2D eigenvalue weighted by Crippen LogP contribution is 2.16. The summed E-state index contributed by atoms with van der Waals surface area (Å²) in [6.07, 6.45) is 1.33. The third kappa shape index (κ3) is 5.16. The van der Waals surface area contributed by atoms with Gasteiger partial charge < -0.3 is 10.2 Å². The third-order valence-corrected chi connectivity index (χ3v) is 3.78. The van der Waals surface area contributed by atoms with E-state index in [0.29, 0.717) is 12.3 Å². The van der Waals surface area contributed by atoms with Crippen molar-refractivity contribution in [1.82, 2.24) is 20.0 Å².